The summed E-state index contributed by atoms with van der Waals surface area (Å²) in [6, 6.07) is 14.1. The van der Waals surface area contributed by atoms with Crippen molar-refractivity contribution in [2.24, 2.45) is 5.14 Å². The van der Waals surface area contributed by atoms with Crippen LogP contribution < -0.4 is 9.88 Å². The number of methoxy groups -OCH3 is 1. The summed E-state index contributed by atoms with van der Waals surface area (Å²) in [5, 5.41) is 9.79. The van der Waals surface area contributed by atoms with Gasteiger partial charge in [-0.2, -0.15) is 5.10 Å². The van der Waals surface area contributed by atoms with Gasteiger partial charge in [0, 0.05) is 17.3 Å². The van der Waals surface area contributed by atoms with Crippen molar-refractivity contribution < 1.29 is 13.2 Å². The first-order valence-electron chi connectivity index (χ1n) is 7.64. The number of hydrogen-bond acceptors (Lipinski definition) is 4. The zero-order chi connectivity index (χ0) is 18.2. The number of aromatic nitrogens is 2. The summed E-state index contributed by atoms with van der Waals surface area (Å²) in [5.41, 5.74) is 4.23. The molecule has 1 heterocycles. The Labute approximate surface area is 146 Å². The second-order valence-corrected chi connectivity index (χ2v) is 7.36. The normalized spacial score (nSPS) is 11.5. The van der Waals surface area contributed by atoms with Gasteiger partial charge >= 0.3 is 0 Å². The molecule has 0 saturated carbocycles. The molecular weight excluding hydrogens is 338 g/mol. The predicted molar refractivity (Wildman–Crippen MR) is 96.4 cm³/mol. The summed E-state index contributed by atoms with van der Waals surface area (Å²) < 4.78 is 30.5. The van der Waals surface area contributed by atoms with Crippen molar-refractivity contribution in [3.05, 3.63) is 59.9 Å². The quantitative estimate of drug-likeness (QED) is 0.778. The van der Waals surface area contributed by atoms with E-state index in [1.807, 2.05) is 48.9 Å². The summed E-state index contributed by atoms with van der Waals surface area (Å²) in [5.74, 6) is 0.689. The van der Waals surface area contributed by atoms with E-state index in [4.69, 9.17) is 9.88 Å². The van der Waals surface area contributed by atoms with Gasteiger partial charge in [0.2, 0.25) is 10.0 Å². The van der Waals surface area contributed by atoms with Crippen LogP contribution in [0.15, 0.2) is 53.4 Å². The molecule has 1 aromatic heterocycles. The van der Waals surface area contributed by atoms with E-state index < -0.39 is 10.0 Å². The lowest BCUT2D eigenvalue weighted by Crippen LogP contribution is -2.12. The summed E-state index contributed by atoms with van der Waals surface area (Å²) >= 11 is 0. The Balaban J connectivity index is 2.25. The van der Waals surface area contributed by atoms with Gasteiger partial charge in [-0.3, -0.25) is 0 Å². The van der Waals surface area contributed by atoms with E-state index in [2.05, 4.69) is 5.10 Å². The van der Waals surface area contributed by atoms with Gasteiger partial charge in [0.05, 0.1) is 23.4 Å². The molecule has 0 fully saturated rings. The highest BCUT2D eigenvalue weighted by Gasteiger charge is 2.15. The lowest BCUT2D eigenvalue weighted by molar-refractivity contribution is 0.414. The smallest absolute Gasteiger partial charge is 0.238 e. The van der Waals surface area contributed by atoms with Crippen LogP contribution in [0.2, 0.25) is 0 Å². The predicted octanol–water partition coefficient (Wildman–Crippen LogP) is 2.81. The maximum Gasteiger partial charge on any atom is 0.238 e. The molecule has 0 spiro atoms. The largest absolute Gasteiger partial charge is 0.497 e. The van der Waals surface area contributed by atoms with Gasteiger partial charge in [0.25, 0.3) is 0 Å². The molecule has 0 bridgehead atoms. The van der Waals surface area contributed by atoms with Crippen LogP contribution in [0.4, 0.5) is 0 Å². The maximum atomic E-state index is 11.7. The van der Waals surface area contributed by atoms with Crippen LogP contribution in [0.5, 0.6) is 5.75 Å². The van der Waals surface area contributed by atoms with E-state index in [1.54, 1.807) is 19.2 Å². The monoisotopic (exact) mass is 357 g/mol. The highest BCUT2D eigenvalue weighted by Crippen LogP contribution is 2.32. The molecule has 0 aliphatic carbocycles. The van der Waals surface area contributed by atoms with E-state index in [0.29, 0.717) is 5.75 Å². The minimum absolute atomic E-state index is 0.0696. The third-order valence-electron chi connectivity index (χ3n) is 3.92. The molecule has 130 valence electrons. The van der Waals surface area contributed by atoms with E-state index in [-0.39, 0.29) is 4.90 Å². The molecule has 0 aliphatic rings. The van der Waals surface area contributed by atoms with Crippen molar-refractivity contribution in [2.75, 3.05) is 7.11 Å². The van der Waals surface area contributed by atoms with Crippen molar-refractivity contribution in [1.29, 1.82) is 0 Å². The van der Waals surface area contributed by atoms with Crippen molar-refractivity contribution >= 4 is 10.0 Å². The van der Waals surface area contributed by atoms with Crippen LogP contribution in [0.25, 0.3) is 16.8 Å². The second kappa shape index (κ2) is 6.34. The van der Waals surface area contributed by atoms with Crippen LogP contribution in [0.3, 0.4) is 0 Å². The zero-order valence-corrected chi connectivity index (χ0v) is 15.0. The second-order valence-electron chi connectivity index (χ2n) is 5.79. The average molecular weight is 357 g/mol. The van der Waals surface area contributed by atoms with Gasteiger partial charge < -0.3 is 4.74 Å². The first-order valence-corrected chi connectivity index (χ1v) is 9.19. The Bertz CT molecular complexity index is 1040. The minimum Gasteiger partial charge on any atom is -0.497 e. The lowest BCUT2D eigenvalue weighted by Gasteiger charge is -2.14. The van der Waals surface area contributed by atoms with Gasteiger partial charge in [-0.25, -0.2) is 18.2 Å². The molecule has 0 aliphatic heterocycles. The molecule has 6 nitrogen and oxygen atoms in total. The molecule has 0 saturated heterocycles. The number of ether oxygens (including phenoxy) is 1. The Morgan fingerprint density at radius 2 is 1.84 bits per heavy atom. The van der Waals surface area contributed by atoms with Crippen LogP contribution in [-0.2, 0) is 10.0 Å². The minimum atomic E-state index is -3.77. The van der Waals surface area contributed by atoms with Crippen molar-refractivity contribution in [1.82, 2.24) is 9.78 Å². The Kier molecular flexibility index (Phi) is 4.36. The Morgan fingerprint density at radius 3 is 2.44 bits per heavy atom. The summed E-state index contributed by atoms with van der Waals surface area (Å²) in [6.45, 7) is 3.88. The molecule has 7 heteroatoms. The number of hydrogen-bond donors (Lipinski definition) is 1. The van der Waals surface area contributed by atoms with E-state index >= 15 is 0 Å². The molecule has 2 N–H and O–H groups in total. The standard InChI is InChI=1S/C18H19N3O3S/c1-12-9-13(2)21(20-12)18-11-15(24-3)7-8-17(18)14-5-4-6-16(10-14)25(19,22)23/h4-11H,1-3H3,(H2,19,22,23). The topological polar surface area (TPSA) is 87.2 Å². The van der Waals surface area contributed by atoms with Crippen LogP contribution in [0.1, 0.15) is 11.4 Å². The van der Waals surface area contributed by atoms with Crippen molar-refractivity contribution in [3.63, 3.8) is 0 Å². The van der Waals surface area contributed by atoms with E-state index in [9.17, 15) is 8.42 Å². The van der Waals surface area contributed by atoms with E-state index in [0.717, 1.165) is 28.2 Å². The maximum absolute atomic E-state index is 11.7. The first-order chi connectivity index (χ1) is 11.8. The SMILES string of the molecule is COc1ccc(-c2cccc(S(N)(=O)=O)c2)c(-n2nc(C)cc2C)c1. The fourth-order valence-electron chi connectivity index (χ4n) is 2.77. The van der Waals surface area contributed by atoms with E-state index in [1.165, 1.54) is 6.07 Å². The molecule has 0 radical (unpaired) electrons. The molecule has 0 atom stereocenters. The number of aryl methyl sites for hydroxylation is 2. The lowest BCUT2D eigenvalue weighted by atomic mass is 10.0. The number of sulfonamides is 1. The van der Waals surface area contributed by atoms with Gasteiger partial charge in [-0.15, -0.1) is 0 Å². The van der Waals surface area contributed by atoms with Crippen molar-refractivity contribution in [2.45, 2.75) is 18.7 Å². The summed E-state index contributed by atoms with van der Waals surface area (Å²) in [6.07, 6.45) is 0. The van der Waals surface area contributed by atoms with Gasteiger partial charge in [0.1, 0.15) is 5.75 Å². The number of rotatable bonds is 4. The first kappa shape index (κ1) is 17.2. The average Bonchev–Trinajstić information content (AvgIpc) is 2.92. The van der Waals surface area contributed by atoms with Crippen LogP contribution in [0, 0.1) is 13.8 Å². The molecule has 0 amide bonds. The Hall–Kier alpha value is -2.64. The van der Waals surface area contributed by atoms with Crippen molar-refractivity contribution in [3.8, 4) is 22.6 Å². The number of primary sulfonamides is 1. The zero-order valence-electron chi connectivity index (χ0n) is 14.2. The third-order valence-corrected chi connectivity index (χ3v) is 4.83. The van der Waals surface area contributed by atoms with Gasteiger partial charge in [0.15, 0.2) is 0 Å². The van der Waals surface area contributed by atoms with Crippen LogP contribution in [-0.4, -0.2) is 25.3 Å². The molecule has 2 aromatic carbocycles. The third kappa shape index (κ3) is 3.42. The number of nitrogens with zero attached hydrogens (tertiary/aromatic N) is 2. The summed E-state index contributed by atoms with van der Waals surface area (Å²) in [7, 11) is -2.18. The molecule has 0 unspecified atom stereocenters. The number of nitrogens with two attached hydrogens (primary N) is 1. The molecule has 25 heavy (non-hydrogen) atoms. The summed E-state index contributed by atoms with van der Waals surface area (Å²) in [4.78, 5) is 0.0696. The molecule has 3 rings (SSSR count). The number of benzene rings is 2. The highest BCUT2D eigenvalue weighted by molar-refractivity contribution is 7.89. The highest BCUT2D eigenvalue weighted by atomic mass is 32.2. The molecular formula is C18H19N3O3S. The fourth-order valence-corrected chi connectivity index (χ4v) is 3.33. The Morgan fingerprint density at radius 1 is 1.08 bits per heavy atom. The van der Waals surface area contributed by atoms with Crippen LogP contribution >= 0.6 is 0 Å². The van der Waals surface area contributed by atoms with Gasteiger partial charge in [-0.05, 0) is 49.7 Å². The fraction of sp³-hybridized carbons (Fsp3) is 0.167. The van der Waals surface area contributed by atoms with Gasteiger partial charge in [-0.1, -0.05) is 12.1 Å². The molecule has 3 aromatic rings.